The summed E-state index contributed by atoms with van der Waals surface area (Å²) in [6.45, 7) is 0.0990. The average molecular weight is 420 g/mol. The van der Waals surface area contributed by atoms with Gasteiger partial charge in [-0.05, 0) is 18.9 Å². The third-order valence-corrected chi connectivity index (χ3v) is 7.25. The van der Waals surface area contributed by atoms with Crippen LogP contribution >= 0.6 is 46.1 Å². The topological polar surface area (TPSA) is 75.3 Å². The summed E-state index contributed by atoms with van der Waals surface area (Å²) in [5, 5.41) is 2.87. The Labute approximate surface area is 154 Å². The highest BCUT2D eigenvalue weighted by molar-refractivity contribution is 7.89. The van der Waals surface area contributed by atoms with Crippen LogP contribution in [0.1, 0.15) is 32.1 Å². The number of sulfonamides is 1. The van der Waals surface area contributed by atoms with E-state index >= 15 is 0 Å². The van der Waals surface area contributed by atoms with Gasteiger partial charge in [0.1, 0.15) is 15.1 Å². The fourth-order valence-electron chi connectivity index (χ4n) is 2.72. The molecule has 0 spiro atoms. The Morgan fingerprint density at radius 1 is 1.26 bits per heavy atom. The first-order valence-corrected chi connectivity index (χ1v) is 10.7. The molecule has 1 aromatic heterocycles. The number of halogens is 3. The van der Waals surface area contributed by atoms with E-state index in [1.54, 1.807) is 0 Å². The Bertz CT molecular complexity index is 670. The number of thiophene rings is 1. The highest BCUT2D eigenvalue weighted by Gasteiger charge is 2.35. The van der Waals surface area contributed by atoms with Gasteiger partial charge in [-0.2, -0.15) is 0 Å². The molecule has 130 valence electrons. The van der Waals surface area contributed by atoms with Crippen molar-refractivity contribution in [3.8, 4) is 0 Å². The number of hydrogen-bond donors (Lipinski definition) is 2. The molecule has 0 saturated heterocycles. The molecule has 0 atom stereocenters. The monoisotopic (exact) mass is 418 g/mol. The van der Waals surface area contributed by atoms with Crippen molar-refractivity contribution >= 4 is 62.1 Å². The van der Waals surface area contributed by atoms with E-state index in [4.69, 9.17) is 34.8 Å². The van der Waals surface area contributed by atoms with Crippen LogP contribution in [0.4, 0.5) is 0 Å². The van der Waals surface area contributed by atoms with Gasteiger partial charge in [0, 0.05) is 6.54 Å². The molecule has 1 aliphatic carbocycles. The van der Waals surface area contributed by atoms with Gasteiger partial charge in [0.2, 0.25) is 15.9 Å². The molecule has 1 saturated carbocycles. The van der Waals surface area contributed by atoms with Crippen molar-refractivity contribution in [1.29, 1.82) is 0 Å². The molecule has 2 rings (SSSR count). The maximum atomic E-state index is 12.4. The molecule has 10 heteroatoms. The fraction of sp³-hybridized carbons (Fsp3) is 0.615. The van der Waals surface area contributed by atoms with E-state index in [-0.39, 0.29) is 27.6 Å². The molecule has 1 aromatic rings. The molecule has 1 aliphatic rings. The summed E-state index contributed by atoms with van der Waals surface area (Å²) < 4.78 is 27.8. The number of hydrogen-bond acceptors (Lipinski definition) is 4. The summed E-state index contributed by atoms with van der Waals surface area (Å²) in [6.07, 6.45) is 4.33. The lowest BCUT2D eigenvalue weighted by atomic mass is 9.81. The van der Waals surface area contributed by atoms with Crippen molar-refractivity contribution in [3.05, 3.63) is 14.7 Å². The van der Waals surface area contributed by atoms with Gasteiger partial charge in [-0.25, -0.2) is 13.1 Å². The van der Waals surface area contributed by atoms with E-state index in [1.807, 2.05) is 0 Å². The number of rotatable bonds is 6. The Hall–Kier alpha value is -0.0500. The van der Waals surface area contributed by atoms with Crippen molar-refractivity contribution < 1.29 is 13.2 Å². The van der Waals surface area contributed by atoms with Crippen LogP contribution in [0.3, 0.4) is 0 Å². The normalized spacial score (nSPS) is 17.9. The second kappa shape index (κ2) is 7.89. The van der Waals surface area contributed by atoms with E-state index in [1.165, 1.54) is 6.07 Å². The third-order valence-electron chi connectivity index (χ3n) is 3.85. The van der Waals surface area contributed by atoms with Crippen LogP contribution < -0.4 is 10.0 Å². The van der Waals surface area contributed by atoms with Crippen LogP contribution in [0.5, 0.6) is 0 Å². The summed E-state index contributed by atoms with van der Waals surface area (Å²) in [5.74, 6) is -0.454. The highest BCUT2D eigenvalue weighted by atomic mass is 35.5. The quantitative estimate of drug-likeness (QED) is 0.694. The summed E-state index contributed by atoms with van der Waals surface area (Å²) in [5.41, 5.74) is -0.608. The zero-order valence-corrected chi connectivity index (χ0v) is 16.1. The predicted octanol–water partition coefficient (Wildman–Crippen LogP) is 3.39. The fourth-order valence-corrected chi connectivity index (χ4v) is 6.06. The van der Waals surface area contributed by atoms with Crippen LogP contribution in [-0.4, -0.2) is 32.3 Å². The minimum Gasteiger partial charge on any atom is -0.348 e. The lowest BCUT2D eigenvalue weighted by molar-refractivity contribution is -0.120. The number of carbonyl (C=O) groups is 1. The van der Waals surface area contributed by atoms with Gasteiger partial charge < -0.3 is 5.32 Å². The van der Waals surface area contributed by atoms with Crippen molar-refractivity contribution in [2.45, 2.75) is 42.5 Å². The zero-order chi connectivity index (χ0) is 17.1. The van der Waals surface area contributed by atoms with Gasteiger partial charge >= 0.3 is 0 Å². The van der Waals surface area contributed by atoms with E-state index in [0.29, 0.717) is 17.2 Å². The highest BCUT2D eigenvalue weighted by Crippen LogP contribution is 2.34. The number of amides is 1. The van der Waals surface area contributed by atoms with Crippen molar-refractivity contribution in [3.63, 3.8) is 0 Å². The maximum absolute atomic E-state index is 12.4. The maximum Gasteiger partial charge on any atom is 0.243 e. The van der Waals surface area contributed by atoms with Gasteiger partial charge in [0.15, 0.2) is 0 Å². The van der Waals surface area contributed by atoms with Crippen LogP contribution in [-0.2, 0) is 14.8 Å². The van der Waals surface area contributed by atoms with Gasteiger partial charge in [-0.15, -0.1) is 22.9 Å². The molecule has 0 aliphatic heterocycles. The Morgan fingerprint density at radius 2 is 1.91 bits per heavy atom. The largest absolute Gasteiger partial charge is 0.348 e. The van der Waals surface area contributed by atoms with Crippen LogP contribution in [0, 0.1) is 0 Å². The van der Waals surface area contributed by atoms with Crippen molar-refractivity contribution in [1.82, 2.24) is 10.0 Å². The molecule has 0 radical (unpaired) electrons. The van der Waals surface area contributed by atoms with E-state index in [0.717, 1.165) is 30.6 Å². The lowest BCUT2D eigenvalue weighted by Crippen LogP contribution is -2.56. The summed E-state index contributed by atoms with van der Waals surface area (Å²) in [4.78, 5) is 11.6. The smallest absolute Gasteiger partial charge is 0.243 e. The molecular weight excluding hydrogens is 403 g/mol. The molecular formula is C13H17Cl3N2O3S2. The van der Waals surface area contributed by atoms with Crippen LogP contribution in [0.25, 0.3) is 0 Å². The molecule has 1 amide bonds. The SMILES string of the molecule is O=C(CCl)NC1(CNS(=O)(=O)c2cc(Cl)sc2Cl)CCCCC1. The molecule has 0 aromatic carbocycles. The predicted molar refractivity (Wildman–Crippen MR) is 94.2 cm³/mol. The lowest BCUT2D eigenvalue weighted by Gasteiger charge is -2.38. The number of alkyl halides is 1. The first kappa shape index (κ1) is 19.3. The second-order valence-corrected chi connectivity index (χ2v) is 9.82. The summed E-state index contributed by atoms with van der Waals surface area (Å²) in [7, 11) is -3.79. The van der Waals surface area contributed by atoms with E-state index in [9.17, 15) is 13.2 Å². The van der Waals surface area contributed by atoms with Gasteiger partial charge in [0.25, 0.3) is 0 Å². The van der Waals surface area contributed by atoms with Gasteiger partial charge in [0.05, 0.1) is 9.88 Å². The molecule has 2 N–H and O–H groups in total. The summed E-state index contributed by atoms with van der Waals surface area (Å²) >= 11 is 18.3. The van der Waals surface area contributed by atoms with Gasteiger partial charge in [-0.1, -0.05) is 42.5 Å². The Morgan fingerprint density at radius 3 is 2.43 bits per heavy atom. The molecule has 23 heavy (non-hydrogen) atoms. The molecule has 1 heterocycles. The summed E-state index contributed by atoms with van der Waals surface area (Å²) in [6, 6.07) is 1.32. The average Bonchev–Trinajstić information content (AvgIpc) is 2.86. The first-order chi connectivity index (χ1) is 10.8. The zero-order valence-electron chi connectivity index (χ0n) is 12.2. The first-order valence-electron chi connectivity index (χ1n) is 7.09. The molecule has 1 fully saturated rings. The van der Waals surface area contributed by atoms with Crippen molar-refractivity contribution in [2.24, 2.45) is 0 Å². The van der Waals surface area contributed by atoms with Crippen molar-refractivity contribution in [2.75, 3.05) is 12.4 Å². The van der Waals surface area contributed by atoms with E-state index < -0.39 is 15.6 Å². The Kier molecular flexibility index (Phi) is 6.61. The molecule has 0 bridgehead atoms. The van der Waals surface area contributed by atoms with E-state index in [2.05, 4.69) is 10.0 Å². The molecule has 5 nitrogen and oxygen atoms in total. The number of carbonyl (C=O) groups excluding carboxylic acids is 1. The Balaban J connectivity index is 2.14. The second-order valence-electron chi connectivity index (χ2n) is 5.54. The molecule has 0 unspecified atom stereocenters. The van der Waals surface area contributed by atoms with Gasteiger partial charge in [-0.3, -0.25) is 4.79 Å². The standard InChI is InChI=1S/C13H17Cl3N2O3S2/c14-7-11(19)18-13(4-2-1-3-5-13)8-17-23(20,21)9-6-10(15)22-12(9)16/h6,17H,1-5,7-8H2,(H,18,19). The minimum atomic E-state index is -3.79. The number of nitrogens with one attached hydrogen (secondary N) is 2. The van der Waals surface area contributed by atoms with Crippen LogP contribution in [0.2, 0.25) is 8.67 Å². The van der Waals surface area contributed by atoms with Crippen LogP contribution in [0.15, 0.2) is 11.0 Å². The minimum absolute atomic E-state index is 0.0382. The third kappa shape index (κ3) is 4.96.